The Morgan fingerprint density at radius 1 is 1.62 bits per heavy atom. The van der Waals surface area contributed by atoms with E-state index in [1.54, 1.807) is 17.8 Å². The molecule has 0 spiro atoms. The van der Waals surface area contributed by atoms with Crippen molar-refractivity contribution in [2.45, 2.75) is 39.8 Å². The fraction of sp³-hybridized carbons (Fsp3) is 0.636. The summed E-state index contributed by atoms with van der Waals surface area (Å²) in [6, 6.07) is 0. The smallest absolute Gasteiger partial charge is 0.210 e. The molecule has 1 aromatic rings. The number of carbonyl (C=O) groups is 1. The number of Topliss-reactive ketones (excluding diaryl/α,β-unsaturated/α-hetero) is 1. The highest BCUT2D eigenvalue weighted by molar-refractivity contribution is 9.10. The van der Waals surface area contributed by atoms with Crippen molar-refractivity contribution in [1.29, 1.82) is 0 Å². The predicted molar refractivity (Wildman–Crippen MR) is 65.6 cm³/mol. The van der Waals surface area contributed by atoms with Gasteiger partial charge in [0, 0.05) is 13.2 Å². The van der Waals surface area contributed by atoms with Gasteiger partial charge in [0.05, 0.1) is 10.7 Å². The number of nitrogens with zero attached hydrogens (tertiary/aromatic N) is 2. The van der Waals surface area contributed by atoms with Gasteiger partial charge < -0.3 is 4.74 Å². The number of aryl methyl sites for hydroxylation is 1. The van der Waals surface area contributed by atoms with Crippen LogP contribution in [-0.2, 0) is 11.3 Å². The second-order valence-electron chi connectivity index (χ2n) is 3.53. The molecule has 4 nitrogen and oxygen atoms in total. The standard InChI is InChI=1S/C11H17BrN2O2/c1-4-6-14-10(9(12)7-13-14)11(15)8(3)16-5-2/h7-8H,4-6H2,1-3H3. The molecule has 0 bridgehead atoms. The highest BCUT2D eigenvalue weighted by Crippen LogP contribution is 2.19. The summed E-state index contributed by atoms with van der Waals surface area (Å²) in [5.41, 5.74) is 0.600. The van der Waals surface area contributed by atoms with E-state index in [0.29, 0.717) is 12.3 Å². The minimum Gasteiger partial charge on any atom is -0.371 e. The van der Waals surface area contributed by atoms with Crippen molar-refractivity contribution in [1.82, 2.24) is 9.78 Å². The highest BCUT2D eigenvalue weighted by Gasteiger charge is 2.22. The van der Waals surface area contributed by atoms with Crippen molar-refractivity contribution in [2.24, 2.45) is 0 Å². The van der Waals surface area contributed by atoms with E-state index in [4.69, 9.17) is 4.74 Å². The van der Waals surface area contributed by atoms with Crippen LogP contribution in [0.2, 0.25) is 0 Å². The van der Waals surface area contributed by atoms with Gasteiger partial charge in [-0.15, -0.1) is 0 Å². The maximum Gasteiger partial charge on any atom is 0.210 e. The second-order valence-corrected chi connectivity index (χ2v) is 4.38. The molecular formula is C11H17BrN2O2. The fourth-order valence-electron chi connectivity index (χ4n) is 1.51. The Labute approximate surface area is 104 Å². The van der Waals surface area contributed by atoms with Crippen LogP contribution in [0.25, 0.3) is 0 Å². The lowest BCUT2D eigenvalue weighted by atomic mass is 10.2. The predicted octanol–water partition coefficient (Wildman–Crippen LogP) is 2.66. The van der Waals surface area contributed by atoms with E-state index >= 15 is 0 Å². The lowest BCUT2D eigenvalue weighted by molar-refractivity contribution is 0.0509. The Kier molecular flexibility index (Phi) is 5.15. The SMILES string of the molecule is CCCn1ncc(Br)c1C(=O)C(C)OCC. The van der Waals surface area contributed by atoms with E-state index in [9.17, 15) is 4.79 Å². The first-order valence-corrected chi connectivity index (χ1v) is 6.28. The topological polar surface area (TPSA) is 44.1 Å². The third-order valence-electron chi connectivity index (χ3n) is 2.25. The van der Waals surface area contributed by atoms with E-state index in [2.05, 4.69) is 28.0 Å². The first-order chi connectivity index (χ1) is 7.61. The molecule has 0 fully saturated rings. The van der Waals surface area contributed by atoms with Crippen LogP contribution >= 0.6 is 15.9 Å². The lowest BCUT2D eigenvalue weighted by Gasteiger charge is -2.12. The maximum absolute atomic E-state index is 12.1. The molecule has 0 aliphatic rings. The molecule has 0 saturated heterocycles. The molecule has 0 aromatic carbocycles. The summed E-state index contributed by atoms with van der Waals surface area (Å²) < 4.78 is 7.76. The molecule has 1 aromatic heterocycles. The van der Waals surface area contributed by atoms with E-state index in [0.717, 1.165) is 17.4 Å². The molecule has 5 heteroatoms. The quantitative estimate of drug-likeness (QED) is 0.756. The van der Waals surface area contributed by atoms with Crippen molar-refractivity contribution in [3.63, 3.8) is 0 Å². The van der Waals surface area contributed by atoms with Gasteiger partial charge in [-0.3, -0.25) is 9.48 Å². The number of aromatic nitrogens is 2. The Morgan fingerprint density at radius 3 is 2.88 bits per heavy atom. The van der Waals surface area contributed by atoms with E-state index in [1.807, 2.05) is 6.92 Å². The number of halogens is 1. The average Bonchev–Trinajstić information content (AvgIpc) is 2.60. The second kappa shape index (κ2) is 6.15. The van der Waals surface area contributed by atoms with Crippen molar-refractivity contribution in [2.75, 3.05) is 6.61 Å². The third kappa shape index (κ3) is 2.92. The van der Waals surface area contributed by atoms with Gasteiger partial charge in [0.25, 0.3) is 0 Å². The molecule has 1 rings (SSSR count). The van der Waals surface area contributed by atoms with Crippen LogP contribution in [0.4, 0.5) is 0 Å². The number of carbonyl (C=O) groups excluding carboxylic acids is 1. The summed E-state index contributed by atoms with van der Waals surface area (Å²) in [5, 5.41) is 4.16. The summed E-state index contributed by atoms with van der Waals surface area (Å²) in [6.45, 7) is 6.97. The number of hydrogen-bond donors (Lipinski definition) is 0. The minimum atomic E-state index is -0.423. The first-order valence-electron chi connectivity index (χ1n) is 5.48. The Balaban J connectivity index is 2.92. The first kappa shape index (κ1) is 13.4. The van der Waals surface area contributed by atoms with Gasteiger partial charge in [-0.05, 0) is 36.2 Å². The van der Waals surface area contributed by atoms with Gasteiger partial charge in [-0.2, -0.15) is 5.10 Å². The zero-order valence-electron chi connectivity index (χ0n) is 9.86. The molecule has 1 atom stereocenters. The van der Waals surface area contributed by atoms with Gasteiger partial charge in [0.1, 0.15) is 11.8 Å². The van der Waals surface area contributed by atoms with Gasteiger partial charge in [-0.25, -0.2) is 0 Å². The third-order valence-corrected chi connectivity index (χ3v) is 2.83. The van der Waals surface area contributed by atoms with E-state index < -0.39 is 6.10 Å². The van der Waals surface area contributed by atoms with E-state index in [1.165, 1.54) is 0 Å². The molecule has 0 saturated carbocycles. The zero-order valence-corrected chi connectivity index (χ0v) is 11.5. The number of rotatable bonds is 6. The largest absolute Gasteiger partial charge is 0.371 e. The molecule has 0 radical (unpaired) electrons. The zero-order chi connectivity index (χ0) is 12.1. The van der Waals surface area contributed by atoms with Crippen molar-refractivity contribution < 1.29 is 9.53 Å². The van der Waals surface area contributed by atoms with Crippen LogP contribution < -0.4 is 0 Å². The molecule has 0 aliphatic heterocycles. The monoisotopic (exact) mass is 288 g/mol. The normalized spacial score (nSPS) is 12.8. The molecule has 16 heavy (non-hydrogen) atoms. The van der Waals surface area contributed by atoms with Crippen LogP contribution in [0.1, 0.15) is 37.7 Å². The summed E-state index contributed by atoms with van der Waals surface area (Å²) in [6.07, 6.45) is 2.17. The molecule has 1 heterocycles. The highest BCUT2D eigenvalue weighted by atomic mass is 79.9. The van der Waals surface area contributed by atoms with Crippen molar-refractivity contribution >= 4 is 21.7 Å². The van der Waals surface area contributed by atoms with Crippen LogP contribution in [0.3, 0.4) is 0 Å². The summed E-state index contributed by atoms with van der Waals surface area (Å²) in [5.74, 6) is -0.0281. The lowest BCUT2D eigenvalue weighted by Crippen LogP contribution is -2.24. The van der Waals surface area contributed by atoms with Crippen LogP contribution in [0.5, 0.6) is 0 Å². The van der Waals surface area contributed by atoms with Crippen molar-refractivity contribution in [3.8, 4) is 0 Å². The average molecular weight is 289 g/mol. The van der Waals surface area contributed by atoms with Crippen LogP contribution in [0, 0.1) is 0 Å². The molecule has 0 amide bonds. The van der Waals surface area contributed by atoms with Gasteiger partial charge in [0.15, 0.2) is 0 Å². The fourth-order valence-corrected chi connectivity index (χ4v) is 2.00. The van der Waals surface area contributed by atoms with Crippen LogP contribution in [-0.4, -0.2) is 28.3 Å². The van der Waals surface area contributed by atoms with Gasteiger partial charge in [-0.1, -0.05) is 6.92 Å². The molecule has 1 unspecified atom stereocenters. The Morgan fingerprint density at radius 2 is 2.31 bits per heavy atom. The summed E-state index contributed by atoms with van der Waals surface area (Å²) in [7, 11) is 0. The van der Waals surface area contributed by atoms with E-state index in [-0.39, 0.29) is 5.78 Å². The number of hydrogen-bond acceptors (Lipinski definition) is 3. The van der Waals surface area contributed by atoms with Gasteiger partial charge in [0.2, 0.25) is 5.78 Å². The maximum atomic E-state index is 12.1. The number of ether oxygens (including phenoxy) is 1. The van der Waals surface area contributed by atoms with Gasteiger partial charge >= 0.3 is 0 Å². The van der Waals surface area contributed by atoms with Crippen LogP contribution in [0.15, 0.2) is 10.7 Å². The Hall–Kier alpha value is -0.680. The summed E-state index contributed by atoms with van der Waals surface area (Å²) in [4.78, 5) is 12.1. The van der Waals surface area contributed by atoms with Crippen molar-refractivity contribution in [3.05, 3.63) is 16.4 Å². The molecule has 90 valence electrons. The summed E-state index contributed by atoms with van der Waals surface area (Å²) >= 11 is 3.35. The molecule has 0 N–H and O–H groups in total. The number of ketones is 1. The molecule has 0 aliphatic carbocycles. The molecular weight excluding hydrogens is 272 g/mol. The Bertz CT molecular complexity index is 363. The minimum absolute atomic E-state index is 0.0281.